The second-order valence-corrected chi connectivity index (χ2v) is 6.31. The van der Waals surface area contributed by atoms with Crippen LogP contribution in [0.5, 0.6) is 5.75 Å². The molecule has 22 heavy (non-hydrogen) atoms. The molecule has 0 aliphatic carbocycles. The van der Waals surface area contributed by atoms with Gasteiger partial charge in [0.15, 0.2) is 0 Å². The fraction of sp³-hybridized carbons (Fsp3) is 0.267. The Labute approximate surface area is 130 Å². The molecule has 0 atom stereocenters. The number of amides is 1. The summed E-state index contributed by atoms with van der Waals surface area (Å²) < 4.78 is 30.8. The summed E-state index contributed by atoms with van der Waals surface area (Å²) in [4.78, 5) is 11.7. The smallest absolute Gasteiger partial charge is 0.248 e. The molecule has 0 saturated carbocycles. The molecule has 6 nitrogen and oxygen atoms in total. The van der Waals surface area contributed by atoms with E-state index in [-0.39, 0.29) is 11.7 Å². The fourth-order valence-corrected chi connectivity index (χ4v) is 2.18. The van der Waals surface area contributed by atoms with Crippen molar-refractivity contribution in [3.63, 3.8) is 0 Å². The van der Waals surface area contributed by atoms with Crippen molar-refractivity contribution in [2.45, 2.75) is 13.8 Å². The SMILES string of the molecule is CC=CC=CC(=O)Nc1ccc(NS(=O)(=O)CC)c(OC)c1. The minimum atomic E-state index is -3.39. The Morgan fingerprint density at radius 2 is 2.05 bits per heavy atom. The molecule has 0 bridgehead atoms. The summed E-state index contributed by atoms with van der Waals surface area (Å²) in [6.07, 6.45) is 6.56. The van der Waals surface area contributed by atoms with Crippen LogP contribution in [-0.2, 0) is 14.8 Å². The van der Waals surface area contributed by atoms with E-state index in [0.717, 1.165) is 0 Å². The summed E-state index contributed by atoms with van der Waals surface area (Å²) in [6.45, 7) is 3.39. The number of sulfonamides is 1. The predicted octanol–water partition coefficient (Wildman–Crippen LogP) is 2.53. The fourth-order valence-electron chi connectivity index (χ4n) is 1.53. The van der Waals surface area contributed by atoms with E-state index in [4.69, 9.17) is 4.74 Å². The number of rotatable bonds is 7. The van der Waals surface area contributed by atoms with Crippen LogP contribution in [0.1, 0.15) is 13.8 Å². The molecule has 1 aromatic carbocycles. The highest BCUT2D eigenvalue weighted by Crippen LogP contribution is 2.28. The lowest BCUT2D eigenvalue weighted by Crippen LogP contribution is -2.15. The summed E-state index contributed by atoms with van der Waals surface area (Å²) in [7, 11) is -1.96. The lowest BCUT2D eigenvalue weighted by atomic mass is 10.2. The summed E-state index contributed by atoms with van der Waals surface area (Å²) in [6, 6.07) is 4.68. The first kappa shape index (κ1) is 17.8. The second kappa shape index (κ2) is 8.23. The van der Waals surface area contributed by atoms with Crippen LogP contribution in [0, 0.1) is 0 Å². The molecule has 0 saturated heterocycles. The van der Waals surface area contributed by atoms with Crippen molar-refractivity contribution in [1.29, 1.82) is 0 Å². The molecule has 1 rings (SSSR count). The molecule has 0 unspecified atom stereocenters. The van der Waals surface area contributed by atoms with E-state index in [9.17, 15) is 13.2 Å². The van der Waals surface area contributed by atoms with Gasteiger partial charge < -0.3 is 10.1 Å². The van der Waals surface area contributed by atoms with Crippen molar-refractivity contribution in [3.05, 3.63) is 42.5 Å². The van der Waals surface area contributed by atoms with Crippen molar-refractivity contribution in [3.8, 4) is 5.75 Å². The largest absolute Gasteiger partial charge is 0.494 e. The normalized spacial score (nSPS) is 11.8. The molecule has 0 fully saturated rings. The Morgan fingerprint density at radius 3 is 2.64 bits per heavy atom. The molecule has 0 radical (unpaired) electrons. The van der Waals surface area contributed by atoms with Gasteiger partial charge in [-0.2, -0.15) is 0 Å². The van der Waals surface area contributed by atoms with Gasteiger partial charge in [0.05, 0.1) is 18.6 Å². The number of carbonyl (C=O) groups excluding carboxylic acids is 1. The zero-order valence-corrected chi connectivity index (χ0v) is 13.6. The van der Waals surface area contributed by atoms with E-state index in [1.165, 1.54) is 19.3 Å². The standard InChI is InChI=1S/C15H20N2O4S/c1-4-6-7-8-15(18)16-12-9-10-13(14(11-12)21-3)17-22(19,20)5-2/h4,6-11,17H,5H2,1-3H3,(H,16,18). The number of carbonyl (C=O) groups is 1. The van der Waals surface area contributed by atoms with Crippen molar-refractivity contribution in [1.82, 2.24) is 0 Å². The van der Waals surface area contributed by atoms with E-state index in [1.54, 1.807) is 37.3 Å². The van der Waals surface area contributed by atoms with Crippen molar-refractivity contribution in [2.75, 3.05) is 22.9 Å². The lowest BCUT2D eigenvalue weighted by molar-refractivity contribution is -0.111. The Morgan fingerprint density at radius 1 is 1.32 bits per heavy atom. The molecule has 1 aromatic rings. The first-order valence-electron chi connectivity index (χ1n) is 6.70. The Bertz CT molecular complexity index is 679. The van der Waals surface area contributed by atoms with Gasteiger partial charge in [0, 0.05) is 17.8 Å². The van der Waals surface area contributed by atoms with E-state index in [2.05, 4.69) is 10.0 Å². The third-order valence-electron chi connectivity index (χ3n) is 2.67. The van der Waals surface area contributed by atoms with E-state index in [0.29, 0.717) is 17.1 Å². The van der Waals surface area contributed by atoms with E-state index < -0.39 is 10.0 Å². The zero-order valence-electron chi connectivity index (χ0n) is 12.8. The molecular weight excluding hydrogens is 304 g/mol. The Balaban J connectivity index is 2.91. The van der Waals surface area contributed by atoms with Gasteiger partial charge in [-0.25, -0.2) is 8.42 Å². The highest BCUT2D eigenvalue weighted by molar-refractivity contribution is 7.92. The molecule has 120 valence electrons. The second-order valence-electron chi connectivity index (χ2n) is 4.29. The van der Waals surface area contributed by atoms with Gasteiger partial charge in [0.2, 0.25) is 15.9 Å². The summed E-state index contributed by atoms with van der Waals surface area (Å²) in [5.74, 6) is -0.000929. The number of nitrogens with one attached hydrogen (secondary N) is 2. The number of ether oxygens (including phenoxy) is 1. The monoisotopic (exact) mass is 324 g/mol. The van der Waals surface area contributed by atoms with Gasteiger partial charge in [-0.05, 0) is 26.0 Å². The van der Waals surface area contributed by atoms with Crippen molar-refractivity contribution >= 4 is 27.3 Å². The van der Waals surface area contributed by atoms with Crippen LogP contribution < -0.4 is 14.8 Å². The maximum Gasteiger partial charge on any atom is 0.248 e. The Hall–Kier alpha value is -2.28. The van der Waals surface area contributed by atoms with Crippen LogP contribution in [0.25, 0.3) is 0 Å². The van der Waals surface area contributed by atoms with E-state index in [1.807, 2.05) is 6.92 Å². The van der Waals surface area contributed by atoms with Crippen LogP contribution in [0.4, 0.5) is 11.4 Å². The van der Waals surface area contributed by atoms with E-state index >= 15 is 0 Å². The number of hydrogen-bond donors (Lipinski definition) is 2. The third kappa shape index (κ3) is 5.61. The highest BCUT2D eigenvalue weighted by Gasteiger charge is 2.12. The maximum absolute atomic E-state index is 11.7. The topological polar surface area (TPSA) is 84.5 Å². The maximum atomic E-state index is 11.7. The first-order chi connectivity index (χ1) is 10.4. The van der Waals surface area contributed by atoms with Crippen molar-refractivity contribution < 1.29 is 17.9 Å². The zero-order chi connectivity index (χ0) is 16.6. The summed E-state index contributed by atoms with van der Waals surface area (Å²) in [5.41, 5.74) is 0.832. The van der Waals surface area contributed by atoms with Crippen molar-refractivity contribution in [2.24, 2.45) is 0 Å². The summed E-state index contributed by atoms with van der Waals surface area (Å²) in [5, 5.41) is 2.66. The summed E-state index contributed by atoms with van der Waals surface area (Å²) >= 11 is 0. The third-order valence-corrected chi connectivity index (χ3v) is 3.96. The molecule has 0 heterocycles. The number of hydrogen-bond acceptors (Lipinski definition) is 4. The molecular formula is C15H20N2O4S. The average molecular weight is 324 g/mol. The molecule has 0 spiro atoms. The van der Waals surface area contributed by atoms with Crippen LogP contribution >= 0.6 is 0 Å². The van der Waals surface area contributed by atoms with Gasteiger partial charge in [-0.1, -0.05) is 18.2 Å². The molecule has 0 aromatic heterocycles. The first-order valence-corrected chi connectivity index (χ1v) is 8.36. The van der Waals surface area contributed by atoms with Gasteiger partial charge in [-0.15, -0.1) is 0 Å². The molecule has 2 N–H and O–H groups in total. The quantitative estimate of drug-likeness (QED) is 0.596. The number of allylic oxidation sites excluding steroid dienone is 3. The molecule has 0 aliphatic heterocycles. The minimum Gasteiger partial charge on any atom is -0.494 e. The van der Waals surface area contributed by atoms with Gasteiger partial charge in [0.25, 0.3) is 0 Å². The lowest BCUT2D eigenvalue weighted by Gasteiger charge is -2.12. The van der Waals surface area contributed by atoms with Crippen LogP contribution in [0.15, 0.2) is 42.5 Å². The Kier molecular flexibility index (Phi) is 6.65. The van der Waals surface area contributed by atoms with Gasteiger partial charge >= 0.3 is 0 Å². The highest BCUT2D eigenvalue weighted by atomic mass is 32.2. The minimum absolute atomic E-state index is 0.0373. The molecule has 0 aliphatic rings. The number of anilines is 2. The number of methoxy groups -OCH3 is 1. The molecule has 7 heteroatoms. The van der Waals surface area contributed by atoms with Gasteiger partial charge in [0.1, 0.15) is 5.75 Å². The van der Waals surface area contributed by atoms with Crippen LogP contribution in [0.2, 0.25) is 0 Å². The number of benzene rings is 1. The van der Waals surface area contributed by atoms with Gasteiger partial charge in [-0.3, -0.25) is 9.52 Å². The molecule has 1 amide bonds. The average Bonchev–Trinajstić information content (AvgIpc) is 2.49. The van der Waals surface area contributed by atoms with Crippen LogP contribution in [-0.4, -0.2) is 27.2 Å². The predicted molar refractivity (Wildman–Crippen MR) is 88.7 cm³/mol. The van der Waals surface area contributed by atoms with Crippen LogP contribution in [0.3, 0.4) is 0 Å².